The maximum Gasteiger partial charge on any atom is 0.335 e. The molecule has 9 heteroatoms. The van der Waals surface area contributed by atoms with Crippen LogP contribution in [0.2, 0.25) is 0 Å². The molecule has 1 heterocycles. The van der Waals surface area contributed by atoms with Crippen LogP contribution in [-0.2, 0) is 4.79 Å². The zero-order chi connectivity index (χ0) is 20.3. The molecule has 1 aliphatic rings. The van der Waals surface area contributed by atoms with E-state index in [1.54, 1.807) is 30.3 Å². The molecule has 2 aromatic rings. The van der Waals surface area contributed by atoms with Crippen LogP contribution in [0.5, 0.6) is 11.5 Å². The quantitative estimate of drug-likeness (QED) is 0.487. The fourth-order valence-electron chi connectivity index (χ4n) is 2.47. The largest absolute Gasteiger partial charge is 0.504 e. The van der Waals surface area contributed by atoms with Crippen LogP contribution < -0.4 is 10.1 Å². The molecule has 0 aromatic heterocycles. The summed E-state index contributed by atoms with van der Waals surface area (Å²) in [6, 6.07) is 11.0. The number of amides is 1. The Morgan fingerprint density at radius 3 is 2.64 bits per heavy atom. The number of benzene rings is 2. The summed E-state index contributed by atoms with van der Waals surface area (Å²) in [6.45, 7) is 0.160. The minimum atomic E-state index is -1.00. The van der Waals surface area contributed by atoms with Crippen LogP contribution in [0.25, 0.3) is 6.08 Å². The van der Waals surface area contributed by atoms with Crippen molar-refractivity contribution in [3.05, 3.63) is 58.5 Å². The summed E-state index contributed by atoms with van der Waals surface area (Å²) in [5, 5.41) is 21.6. The van der Waals surface area contributed by atoms with Crippen molar-refractivity contribution in [2.24, 2.45) is 0 Å². The van der Waals surface area contributed by atoms with Gasteiger partial charge in [-0.2, -0.15) is 0 Å². The Balaban J connectivity index is 1.70. The van der Waals surface area contributed by atoms with Gasteiger partial charge in [0.05, 0.1) is 24.2 Å². The molecule has 0 unspecified atom stereocenters. The molecular formula is C19H16N2O5S2. The lowest BCUT2D eigenvalue weighted by atomic mass is 10.2. The van der Waals surface area contributed by atoms with E-state index in [2.05, 4.69) is 5.32 Å². The monoisotopic (exact) mass is 416 g/mol. The Morgan fingerprint density at radius 2 is 2.00 bits per heavy atom. The predicted molar refractivity (Wildman–Crippen MR) is 112 cm³/mol. The SMILES string of the molecule is COc1cc(/C=C2\SC(=S)N(CNc3ccc(C(=O)O)cc3)C2=O)ccc1O. The molecule has 144 valence electrons. The van der Waals surface area contributed by atoms with Crippen molar-refractivity contribution in [1.29, 1.82) is 0 Å². The fraction of sp³-hybridized carbons (Fsp3) is 0.105. The Labute approximate surface area is 170 Å². The molecule has 0 saturated carbocycles. The van der Waals surface area contributed by atoms with Gasteiger partial charge >= 0.3 is 5.97 Å². The number of thioether (sulfide) groups is 1. The van der Waals surface area contributed by atoms with E-state index in [4.69, 9.17) is 22.1 Å². The molecular weight excluding hydrogens is 400 g/mol. The number of carbonyl (C=O) groups is 2. The van der Waals surface area contributed by atoms with Crippen molar-refractivity contribution in [1.82, 2.24) is 4.90 Å². The molecule has 2 aromatic carbocycles. The zero-order valence-electron chi connectivity index (χ0n) is 14.7. The first kappa shape index (κ1) is 19.7. The number of phenols is 1. The van der Waals surface area contributed by atoms with Crippen molar-refractivity contribution in [3.63, 3.8) is 0 Å². The minimum Gasteiger partial charge on any atom is -0.504 e. The van der Waals surface area contributed by atoms with Crippen LogP contribution in [0, 0.1) is 0 Å². The van der Waals surface area contributed by atoms with Crippen LogP contribution >= 0.6 is 24.0 Å². The van der Waals surface area contributed by atoms with E-state index in [-0.39, 0.29) is 23.9 Å². The van der Waals surface area contributed by atoms with Gasteiger partial charge in [0.15, 0.2) is 11.5 Å². The first-order chi connectivity index (χ1) is 13.4. The van der Waals surface area contributed by atoms with Crippen molar-refractivity contribution >= 4 is 51.9 Å². The summed E-state index contributed by atoms with van der Waals surface area (Å²) < 4.78 is 5.49. The standard InChI is InChI=1S/C19H16N2O5S2/c1-26-15-8-11(2-7-14(15)22)9-16-17(23)21(19(27)28-16)10-20-13-5-3-12(4-6-13)18(24)25/h2-9,20,22H,10H2,1H3,(H,24,25)/b16-9-. The average molecular weight is 416 g/mol. The lowest BCUT2D eigenvalue weighted by Crippen LogP contribution is -2.33. The van der Waals surface area contributed by atoms with E-state index in [1.165, 1.54) is 42.0 Å². The minimum absolute atomic E-state index is 0.0188. The van der Waals surface area contributed by atoms with Gasteiger partial charge in [-0.1, -0.05) is 30.0 Å². The Morgan fingerprint density at radius 1 is 1.29 bits per heavy atom. The van der Waals surface area contributed by atoms with Crippen LogP contribution in [-0.4, -0.2) is 45.1 Å². The molecule has 1 fully saturated rings. The molecule has 0 spiro atoms. The number of nitrogens with one attached hydrogen (secondary N) is 1. The second kappa shape index (κ2) is 8.32. The van der Waals surface area contributed by atoms with Crippen LogP contribution in [0.3, 0.4) is 0 Å². The van der Waals surface area contributed by atoms with Crippen molar-refractivity contribution in [2.75, 3.05) is 19.1 Å². The fourth-order valence-corrected chi connectivity index (χ4v) is 3.73. The van der Waals surface area contributed by atoms with Gasteiger partial charge in [0, 0.05) is 5.69 Å². The number of aromatic carboxylic acids is 1. The Bertz CT molecular complexity index is 973. The van der Waals surface area contributed by atoms with Gasteiger partial charge in [0.2, 0.25) is 0 Å². The zero-order valence-corrected chi connectivity index (χ0v) is 16.3. The Kier molecular flexibility index (Phi) is 5.86. The summed E-state index contributed by atoms with van der Waals surface area (Å²) in [5.41, 5.74) is 1.56. The molecule has 1 saturated heterocycles. The van der Waals surface area contributed by atoms with Crippen LogP contribution in [0.4, 0.5) is 5.69 Å². The number of phenolic OH excluding ortho intramolecular Hbond substituents is 1. The van der Waals surface area contributed by atoms with Crippen molar-refractivity contribution in [2.45, 2.75) is 0 Å². The molecule has 1 amide bonds. The second-order valence-corrected chi connectivity index (χ2v) is 7.43. The van der Waals surface area contributed by atoms with E-state index in [0.717, 1.165) is 0 Å². The number of hydrogen-bond donors (Lipinski definition) is 3. The molecule has 3 N–H and O–H groups in total. The molecule has 0 atom stereocenters. The second-order valence-electron chi connectivity index (χ2n) is 5.76. The molecule has 0 bridgehead atoms. The normalized spacial score (nSPS) is 15.2. The number of aromatic hydroxyl groups is 1. The third-order valence-electron chi connectivity index (χ3n) is 3.95. The predicted octanol–water partition coefficient (Wildman–Crippen LogP) is 3.37. The number of nitrogens with zero attached hydrogens (tertiary/aromatic N) is 1. The van der Waals surface area contributed by atoms with Crippen molar-refractivity contribution in [3.8, 4) is 11.5 Å². The molecule has 0 radical (unpaired) electrons. The molecule has 7 nitrogen and oxygen atoms in total. The van der Waals surface area contributed by atoms with Gasteiger partial charge in [0.1, 0.15) is 4.32 Å². The third kappa shape index (κ3) is 4.26. The molecule has 1 aliphatic heterocycles. The summed E-state index contributed by atoms with van der Waals surface area (Å²) in [7, 11) is 1.45. The van der Waals surface area contributed by atoms with Crippen LogP contribution in [0.15, 0.2) is 47.4 Å². The highest BCUT2D eigenvalue weighted by molar-refractivity contribution is 8.26. The summed E-state index contributed by atoms with van der Waals surface area (Å²) >= 11 is 6.48. The topological polar surface area (TPSA) is 99.1 Å². The number of thiocarbonyl (C=S) groups is 1. The van der Waals surface area contributed by atoms with Crippen LogP contribution in [0.1, 0.15) is 15.9 Å². The van der Waals surface area contributed by atoms with E-state index in [1.807, 2.05) is 0 Å². The van der Waals surface area contributed by atoms with Gasteiger partial charge in [0.25, 0.3) is 5.91 Å². The third-order valence-corrected chi connectivity index (χ3v) is 5.33. The molecule has 28 heavy (non-hydrogen) atoms. The first-order valence-electron chi connectivity index (χ1n) is 8.08. The lowest BCUT2D eigenvalue weighted by Gasteiger charge is -2.16. The number of anilines is 1. The van der Waals surface area contributed by atoms with Gasteiger partial charge < -0.3 is 20.3 Å². The highest BCUT2D eigenvalue weighted by Crippen LogP contribution is 2.34. The van der Waals surface area contributed by atoms with Gasteiger partial charge in [-0.3, -0.25) is 9.69 Å². The molecule has 3 rings (SSSR count). The number of methoxy groups -OCH3 is 1. The first-order valence-corrected chi connectivity index (χ1v) is 9.31. The maximum absolute atomic E-state index is 12.7. The summed E-state index contributed by atoms with van der Waals surface area (Å²) in [4.78, 5) is 25.4. The molecule has 0 aliphatic carbocycles. The van der Waals surface area contributed by atoms with Gasteiger partial charge in [-0.05, 0) is 48.0 Å². The van der Waals surface area contributed by atoms with E-state index < -0.39 is 5.97 Å². The van der Waals surface area contributed by atoms with Crippen molar-refractivity contribution < 1.29 is 24.5 Å². The van der Waals surface area contributed by atoms with E-state index in [9.17, 15) is 14.7 Å². The smallest absolute Gasteiger partial charge is 0.335 e. The summed E-state index contributed by atoms with van der Waals surface area (Å²) in [6.07, 6.45) is 1.68. The Hall–Kier alpha value is -3.04. The highest BCUT2D eigenvalue weighted by Gasteiger charge is 2.31. The van der Waals surface area contributed by atoms with E-state index >= 15 is 0 Å². The average Bonchev–Trinajstić information content (AvgIpc) is 2.94. The number of hydrogen-bond acceptors (Lipinski definition) is 7. The van der Waals surface area contributed by atoms with E-state index in [0.29, 0.717) is 26.2 Å². The lowest BCUT2D eigenvalue weighted by molar-refractivity contribution is -0.121. The summed E-state index contributed by atoms with van der Waals surface area (Å²) in [5.74, 6) is -0.905. The van der Waals surface area contributed by atoms with Gasteiger partial charge in [-0.25, -0.2) is 4.79 Å². The number of rotatable bonds is 6. The van der Waals surface area contributed by atoms with Gasteiger partial charge in [-0.15, -0.1) is 0 Å². The highest BCUT2D eigenvalue weighted by atomic mass is 32.2. The number of carboxylic acid groups (broad SMARTS) is 1. The number of carbonyl (C=O) groups excluding carboxylic acids is 1. The number of ether oxygens (including phenoxy) is 1. The maximum atomic E-state index is 12.7. The number of carboxylic acids is 1.